The number of hydrogen-bond acceptors (Lipinski definition) is 13. The number of aliphatic hydroxyl groups excluding tert-OH is 1. The summed E-state index contributed by atoms with van der Waals surface area (Å²) in [6.45, 7) is 20.7. The van der Waals surface area contributed by atoms with Gasteiger partial charge in [-0.2, -0.15) is 0 Å². The van der Waals surface area contributed by atoms with Crippen molar-refractivity contribution >= 4 is 59.2 Å². The van der Waals surface area contributed by atoms with Gasteiger partial charge in [0.05, 0.1) is 48.8 Å². The lowest BCUT2D eigenvalue weighted by Gasteiger charge is -2.41. The van der Waals surface area contributed by atoms with Crippen LogP contribution in [-0.4, -0.2) is 169 Å². The fourth-order valence-electron chi connectivity index (χ4n) is 11.4. The smallest absolute Gasteiger partial charge is 0.410 e. The Morgan fingerprint density at radius 2 is 1.36 bits per heavy atom. The first-order chi connectivity index (χ1) is 41.6. The summed E-state index contributed by atoms with van der Waals surface area (Å²) in [5.74, 6) is -4.80. The van der Waals surface area contributed by atoms with Gasteiger partial charge in [-0.25, -0.2) is 9.59 Å². The molecule has 0 aliphatic carbocycles. The molecule has 494 valence electrons. The first-order valence-electron chi connectivity index (χ1n) is 31.5. The lowest BCUT2D eigenvalue weighted by molar-refractivity contribution is -0.148. The number of nitrogens with one attached hydrogen (secondary N) is 6. The summed E-state index contributed by atoms with van der Waals surface area (Å²) in [5.41, 5.74) is 6.84. The number of rotatable bonds is 37. The van der Waals surface area contributed by atoms with Crippen LogP contribution < -0.4 is 37.6 Å². The number of nitrogens with zero attached hydrogens (tertiary/aromatic N) is 3. The minimum absolute atomic E-state index is 0.0811. The van der Waals surface area contributed by atoms with E-state index in [-0.39, 0.29) is 62.0 Å². The number of benzene rings is 2. The van der Waals surface area contributed by atoms with Gasteiger partial charge in [-0.3, -0.25) is 38.5 Å². The SMILES string of the molecule is CCCCCCC(=O)N[C@H](C(=O)N[C@@H](CCCNC(N)=O)C(=O)Nc1ccc(COC(=O)N(C)[C@@H](C(=O)N[C@H](C(=O)N(C)[C@H]([C@H](C)CC)[C@H](CC(=O)N2CCC[C@@H]2[C@@H](OC)[C@H](C)C(=O)N[C@H](C)[C@@H](O)c2ccccc2)OC)C(C)C)C(C)C)cc1)C(C)C. The van der Waals surface area contributed by atoms with Crippen LogP contribution in [0.1, 0.15) is 164 Å². The highest BCUT2D eigenvalue weighted by Gasteiger charge is 2.44. The van der Waals surface area contributed by atoms with Crippen LogP contribution in [0.2, 0.25) is 0 Å². The molecule has 0 bridgehead atoms. The summed E-state index contributed by atoms with van der Waals surface area (Å²) in [5, 5.41) is 27.8. The van der Waals surface area contributed by atoms with Crippen molar-refractivity contribution < 1.29 is 62.5 Å². The minimum atomic E-state index is -1.07. The highest BCUT2D eigenvalue weighted by molar-refractivity contribution is 5.98. The number of urea groups is 1. The third-order valence-electron chi connectivity index (χ3n) is 16.8. The normalized spacial score (nSPS) is 17.0. The second-order valence-electron chi connectivity index (χ2n) is 24.6. The number of nitrogens with two attached hydrogens (primary N) is 1. The molecule has 1 fully saturated rings. The van der Waals surface area contributed by atoms with Crippen LogP contribution in [-0.2, 0) is 54.4 Å². The molecule has 88 heavy (non-hydrogen) atoms. The van der Waals surface area contributed by atoms with Gasteiger partial charge in [0.2, 0.25) is 41.4 Å². The van der Waals surface area contributed by atoms with Crippen LogP contribution in [0, 0.1) is 29.6 Å². The number of hydrogen-bond donors (Lipinski definition) is 8. The lowest BCUT2D eigenvalue weighted by Crippen LogP contribution is -2.60. The van der Waals surface area contributed by atoms with Gasteiger partial charge in [-0.1, -0.05) is 137 Å². The monoisotopic (exact) mass is 1230 g/mol. The van der Waals surface area contributed by atoms with E-state index in [1.165, 1.54) is 26.2 Å². The van der Waals surface area contributed by atoms with Gasteiger partial charge in [0, 0.05) is 53.5 Å². The number of anilines is 1. The number of carbonyl (C=O) groups excluding carboxylic acids is 9. The topological polar surface area (TPSA) is 309 Å². The molecule has 1 saturated heterocycles. The standard InChI is InChI=1S/C65H106N10O13/c1-16-18-19-23-30-51(76)71-53(39(3)4)61(81)70-48(28-24-35-67-64(66)84)60(80)69-47-33-31-45(32-34-47)38-88-65(85)74(13)55(41(7)8)62(82)72-54(40(5)6)63(83)73(12)56(42(9)17-2)50(86-14)37-52(77)75-36-25-29-49(75)58(87-15)43(10)59(79)68-44(11)57(78)46-26-21-20-22-27-46/h20-22,26-27,31-34,39-44,48-50,53-58,78H,16-19,23-25,28-30,35-38H2,1-15H3,(H,68,79)(H,69,80)(H,70,81)(H,71,76)(H,72,82)(H3,66,67,84)/t42-,43+,44-,48+,49-,50+,53+,54+,55-,56-,57-,58+/m1/s1. The number of methoxy groups -OCH3 is 2. The molecular weight excluding hydrogens is 1130 g/mol. The molecule has 23 heteroatoms. The summed E-state index contributed by atoms with van der Waals surface area (Å²) in [7, 11) is 6.12. The third kappa shape index (κ3) is 22.9. The number of likely N-dealkylation sites (N-methyl/N-ethyl adjacent to an activating group) is 2. The van der Waals surface area contributed by atoms with Crippen LogP contribution in [0.5, 0.6) is 0 Å². The van der Waals surface area contributed by atoms with E-state index < -0.39 is 114 Å². The van der Waals surface area contributed by atoms with Crippen molar-refractivity contribution in [1.29, 1.82) is 0 Å². The number of aliphatic hydroxyl groups is 1. The van der Waals surface area contributed by atoms with E-state index in [9.17, 15) is 48.3 Å². The minimum Gasteiger partial charge on any atom is -0.445 e. The summed E-state index contributed by atoms with van der Waals surface area (Å²) < 4.78 is 17.7. The van der Waals surface area contributed by atoms with Crippen molar-refractivity contribution in [2.24, 2.45) is 35.3 Å². The van der Waals surface area contributed by atoms with E-state index in [2.05, 4.69) is 38.8 Å². The van der Waals surface area contributed by atoms with Crippen molar-refractivity contribution in [3.8, 4) is 0 Å². The van der Waals surface area contributed by atoms with E-state index in [1.807, 2.05) is 45.9 Å². The zero-order chi connectivity index (χ0) is 65.9. The van der Waals surface area contributed by atoms with Crippen molar-refractivity contribution in [3.05, 3.63) is 65.7 Å². The Morgan fingerprint density at radius 3 is 1.93 bits per heavy atom. The zero-order valence-corrected chi connectivity index (χ0v) is 55.0. The highest BCUT2D eigenvalue weighted by Crippen LogP contribution is 2.30. The third-order valence-corrected chi connectivity index (χ3v) is 16.8. The molecule has 12 atom stereocenters. The maximum absolute atomic E-state index is 14.8. The molecular formula is C65H106N10O13. The van der Waals surface area contributed by atoms with Gasteiger partial charge in [0.1, 0.15) is 30.8 Å². The van der Waals surface area contributed by atoms with Crippen molar-refractivity contribution in [2.45, 2.75) is 214 Å². The maximum Gasteiger partial charge on any atom is 0.410 e. The van der Waals surface area contributed by atoms with Gasteiger partial charge in [-0.15, -0.1) is 0 Å². The Morgan fingerprint density at radius 1 is 0.716 bits per heavy atom. The molecule has 1 aliphatic heterocycles. The van der Waals surface area contributed by atoms with Crippen LogP contribution in [0.3, 0.4) is 0 Å². The van der Waals surface area contributed by atoms with E-state index >= 15 is 0 Å². The molecule has 1 heterocycles. The maximum atomic E-state index is 14.8. The average molecular weight is 1240 g/mol. The first kappa shape index (κ1) is 75.4. The summed E-state index contributed by atoms with van der Waals surface area (Å²) >= 11 is 0. The fraction of sp³-hybridized carbons (Fsp3) is 0.677. The number of carbonyl (C=O) groups is 9. The highest BCUT2D eigenvalue weighted by atomic mass is 16.6. The molecule has 0 unspecified atom stereocenters. The first-order valence-corrected chi connectivity index (χ1v) is 31.5. The van der Waals surface area contributed by atoms with Gasteiger partial charge >= 0.3 is 12.1 Å². The Hall–Kier alpha value is -6.85. The Labute approximate surface area is 522 Å². The Balaban J connectivity index is 1.70. The van der Waals surface area contributed by atoms with E-state index in [0.717, 1.165) is 19.3 Å². The van der Waals surface area contributed by atoms with Gasteiger partial charge in [0.15, 0.2) is 0 Å². The summed E-state index contributed by atoms with van der Waals surface area (Å²) in [6.07, 6.45) is 3.03. The number of unbranched alkanes of at least 4 members (excludes halogenated alkanes) is 3. The predicted octanol–water partition coefficient (Wildman–Crippen LogP) is 6.56. The Kier molecular flexibility index (Phi) is 32.4. The molecule has 1 aliphatic rings. The van der Waals surface area contributed by atoms with E-state index in [4.69, 9.17) is 19.9 Å². The second kappa shape index (κ2) is 37.9. The van der Waals surface area contributed by atoms with Crippen molar-refractivity contribution in [3.63, 3.8) is 0 Å². The molecule has 9 N–H and O–H groups in total. The fourth-order valence-corrected chi connectivity index (χ4v) is 11.4. The summed E-state index contributed by atoms with van der Waals surface area (Å²) in [6, 6.07) is 9.15. The van der Waals surface area contributed by atoms with Crippen molar-refractivity contribution in [1.82, 2.24) is 41.3 Å². The molecule has 0 radical (unpaired) electrons. The van der Waals surface area contributed by atoms with Gasteiger partial charge in [0.25, 0.3) is 0 Å². The molecule has 2 aromatic carbocycles. The average Bonchev–Trinajstić information content (AvgIpc) is 2.88. The number of primary amides is 1. The molecule has 0 saturated carbocycles. The molecule has 10 amide bonds. The molecule has 23 nitrogen and oxygen atoms in total. The predicted molar refractivity (Wildman–Crippen MR) is 338 cm³/mol. The quantitative estimate of drug-likeness (QED) is 0.0333. The number of likely N-dealkylation sites (tertiary alicyclic amines) is 1. The summed E-state index contributed by atoms with van der Waals surface area (Å²) in [4.78, 5) is 127. The van der Waals surface area contributed by atoms with Crippen LogP contribution in [0.25, 0.3) is 0 Å². The van der Waals surface area contributed by atoms with Crippen molar-refractivity contribution in [2.75, 3.05) is 46.7 Å². The zero-order valence-electron chi connectivity index (χ0n) is 55.0. The lowest BCUT2D eigenvalue weighted by atomic mass is 9.89. The van der Waals surface area contributed by atoms with E-state index in [1.54, 1.807) is 94.8 Å². The molecule has 0 aromatic heterocycles. The van der Waals surface area contributed by atoms with Crippen LogP contribution in [0.15, 0.2) is 54.6 Å². The molecule has 3 rings (SSSR count). The Bertz CT molecular complexity index is 2540. The van der Waals surface area contributed by atoms with Gasteiger partial charge < -0.3 is 66.8 Å². The number of ether oxygens (including phenoxy) is 3. The van der Waals surface area contributed by atoms with Crippen LogP contribution in [0.4, 0.5) is 15.3 Å². The largest absolute Gasteiger partial charge is 0.445 e. The van der Waals surface area contributed by atoms with Crippen LogP contribution >= 0.6 is 0 Å². The number of amides is 10. The second-order valence-corrected chi connectivity index (χ2v) is 24.6. The van der Waals surface area contributed by atoms with E-state index in [0.29, 0.717) is 55.5 Å². The molecule has 0 spiro atoms. The van der Waals surface area contributed by atoms with Gasteiger partial charge in [-0.05, 0) is 86.0 Å². The molecule has 2 aromatic rings.